The fraction of sp³-hybridized carbons (Fsp3) is 0.611. The molecule has 4 nitrogen and oxygen atoms in total. The molecule has 26 heavy (non-hydrogen) atoms. The molecule has 0 spiro atoms. The van der Waals surface area contributed by atoms with Gasteiger partial charge in [0.1, 0.15) is 5.75 Å². The number of alkyl halides is 3. The number of nitrogens with zero attached hydrogens (tertiary/aromatic N) is 1. The lowest BCUT2D eigenvalue weighted by Gasteiger charge is -2.35. The van der Waals surface area contributed by atoms with E-state index in [4.69, 9.17) is 0 Å². The molecule has 1 atom stereocenters. The van der Waals surface area contributed by atoms with Gasteiger partial charge in [-0.15, -0.1) is 13.2 Å². The molecule has 1 amide bonds. The Bertz CT molecular complexity index is 595. The Morgan fingerprint density at radius 3 is 2.46 bits per heavy atom. The van der Waals surface area contributed by atoms with E-state index in [1.54, 1.807) is 0 Å². The van der Waals surface area contributed by atoms with Gasteiger partial charge >= 0.3 is 6.36 Å². The quantitative estimate of drug-likeness (QED) is 0.838. The number of thioether (sulfide) groups is 1. The molecular weight excluding hydrogens is 365 g/mol. The number of likely N-dealkylation sites (tertiary alicyclic amines) is 1. The first-order chi connectivity index (χ1) is 12.4. The van der Waals surface area contributed by atoms with Gasteiger partial charge in [-0.05, 0) is 68.3 Å². The lowest BCUT2D eigenvalue weighted by atomic mass is 9.95. The van der Waals surface area contributed by atoms with Crippen LogP contribution in [0.4, 0.5) is 13.2 Å². The zero-order valence-corrected chi connectivity index (χ0v) is 15.2. The molecule has 144 valence electrons. The summed E-state index contributed by atoms with van der Waals surface area (Å²) in [5.41, 5.74) is 0.333. The Kier molecular flexibility index (Phi) is 6.34. The van der Waals surface area contributed by atoms with Crippen LogP contribution in [0.25, 0.3) is 0 Å². The molecule has 1 aromatic carbocycles. The van der Waals surface area contributed by atoms with Crippen LogP contribution in [0.3, 0.4) is 0 Å². The summed E-state index contributed by atoms with van der Waals surface area (Å²) in [7, 11) is 0. The van der Waals surface area contributed by atoms with Crippen LogP contribution in [0.15, 0.2) is 24.3 Å². The summed E-state index contributed by atoms with van der Waals surface area (Å²) in [4.78, 5) is 14.7. The lowest BCUT2D eigenvalue weighted by Crippen LogP contribution is -2.43. The Labute approximate surface area is 155 Å². The van der Waals surface area contributed by atoms with Gasteiger partial charge in [0.15, 0.2) is 0 Å². The van der Waals surface area contributed by atoms with E-state index >= 15 is 0 Å². The summed E-state index contributed by atoms with van der Waals surface area (Å²) in [6.07, 6.45) is -1.31. The highest BCUT2D eigenvalue weighted by Gasteiger charge is 2.31. The molecule has 2 saturated heterocycles. The number of carbonyl (C=O) groups is 1. The van der Waals surface area contributed by atoms with Crippen molar-refractivity contribution in [3.8, 4) is 5.75 Å². The van der Waals surface area contributed by atoms with Crippen LogP contribution in [-0.2, 0) is 0 Å². The van der Waals surface area contributed by atoms with Crippen LogP contribution in [0.1, 0.15) is 29.6 Å². The third kappa shape index (κ3) is 5.54. The number of nitrogens with one attached hydrogen (secondary N) is 1. The average Bonchev–Trinajstić information content (AvgIpc) is 3.14. The fourth-order valence-corrected chi connectivity index (χ4v) is 4.73. The second kappa shape index (κ2) is 8.52. The smallest absolute Gasteiger partial charge is 0.406 e. The number of hydrogen-bond donors (Lipinski definition) is 1. The van der Waals surface area contributed by atoms with E-state index < -0.39 is 6.36 Å². The van der Waals surface area contributed by atoms with Crippen LogP contribution < -0.4 is 10.1 Å². The van der Waals surface area contributed by atoms with Crippen molar-refractivity contribution < 1.29 is 22.7 Å². The second-order valence-electron chi connectivity index (χ2n) is 6.78. The molecule has 2 aliphatic rings. The van der Waals surface area contributed by atoms with Crippen molar-refractivity contribution in [2.24, 2.45) is 5.92 Å². The van der Waals surface area contributed by atoms with E-state index in [2.05, 4.69) is 15.0 Å². The number of hydrogen-bond acceptors (Lipinski definition) is 4. The summed E-state index contributed by atoms with van der Waals surface area (Å²) >= 11 is 2.02. The van der Waals surface area contributed by atoms with E-state index in [0.29, 0.717) is 24.1 Å². The van der Waals surface area contributed by atoms with Gasteiger partial charge in [0.25, 0.3) is 5.91 Å². The fourth-order valence-electron chi connectivity index (χ4n) is 3.48. The van der Waals surface area contributed by atoms with Crippen molar-refractivity contribution >= 4 is 17.7 Å². The van der Waals surface area contributed by atoms with Crippen LogP contribution in [0, 0.1) is 5.92 Å². The van der Waals surface area contributed by atoms with Crippen molar-refractivity contribution in [2.45, 2.75) is 31.7 Å². The SMILES string of the molecule is O=C(NCC1CCN([C@@H]2CCSC2)CC1)c1ccc(OC(F)(F)F)cc1. The van der Waals surface area contributed by atoms with Crippen LogP contribution in [0.5, 0.6) is 5.75 Å². The first-order valence-corrected chi connectivity index (χ1v) is 10.0. The van der Waals surface area contributed by atoms with Gasteiger partial charge in [0.05, 0.1) is 0 Å². The Morgan fingerprint density at radius 2 is 1.88 bits per heavy atom. The van der Waals surface area contributed by atoms with Crippen LogP contribution in [-0.4, -0.2) is 54.4 Å². The molecule has 0 radical (unpaired) electrons. The minimum Gasteiger partial charge on any atom is -0.406 e. The van der Waals surface area contributed by atoms with Crippen molar-refractivity contribution in [2.75, 3.05) is 31.1 Å². The van der Waals surface area contributed by atoms with Crippen LogP contribution >= 0.6 is 11.8 Å². The number of amides is 1. The highest BCUT2D eigenvalue weighted by Crippen LogP contribution is 2.27. The first-order valence-electron chi connectivity index (χ1n) is 8.86. The average molecular weight is 388 g/mol. The van der Waals surface area contributed by atoms with Gasteiger partial charge in [0, 0.05) is 23.9 Å². The second-order valence-corrected chi connectivity index (χ2v) is 7.93. The zero-order valence-electron chi connectivity index (χ0n) is 14.4. The summed E-state index contributed by atoms with van der Waals surface area (Å²) in [5, 5.41) is 2.90. The van der Waals surface area contributed by atoms with E-state index in [9.17, 15) is 18.0 Å². The standard InChI is InChI=1S/C18H23F3N2O2S/c19-18(20,21)25-16-3-1-14(2-4-16)17(24)22-11-13-5-8-23(9-6-13)15-7-10-26-12-15/h1-4,13,15H,5-12H2,(H,22,24)/t15-/m1/s1. The summed E-state index contributed by atoms with van der Waals surface area (Å²) in [5.74, 6) is 2.35. The van der Waals surface area contributed by atoms with E-state index in [1.165, 1.54) is 30.1 Å². The largest absolute Gasteiger partial charge is 0.573 e. The molecule has 3 rings (SSSR count). The molecule has 2 aliphatic heterocycles. The van der Waals surface area contributed by atoms with E-state index in [0.717, 1.165) is 38.1 Å². The highest BCUT2D eigenvalue weighted by molar-refractivity contribution is 7.99. The third-order valence-corrected chi connectivity index (χ3v) is 6.12. The predicted octanol–water partition coefficient (Wildman–Crippen LogP) is 3.53. The number of benzene rings is 1. The lowest BCUT2D eigenvalue weighted by molar-refractivity contribution is -0.274. The molecule has 1 aromatic rings. The van der Waals surface area contributed by atoms with Gasteiger partial charge < -0.3 is 10.1 Å². The summed E-state index contributed by atoms with van der Waals surface area (Å²) < 4.78 is 40.2. The molecule has 1 N–H and O–H groups in total. The first kappa shape index (κ1) is 19.4. The van der Waals surface area contributed by atoms with Crippen molar-refractivity contribution in [1.29, 1.82) is 0 Å². The monoisotopic (exact) mass is 388 g/mol. The molecule has 0 aromatic heterocycles. The van der Waals surface area contributed by atoms with Crippen molar-refractivity contribution in [3.05, 3.63) is 29.8 Å². The Balaban J connectivity index is 1.41. The number of carbonyl (C=O) groups excluding carboxylic acids is 1. The zero-order chi connectivity index (χ0) is 18.6. The molecule has 2 fully saturated rings. The van der Waals surface area contributed by atoms with E-state index in [1.807, 2.05) is 11.8 Å². The summed E-state index contributed by atoms with van der Waals surface area (Å²) in [6, 6.07) is 5.71. The van der Waals surface area contributed by atoms with Gasteiger partial charge in [-0.25, -0.2) is 0 Å². The van der Waals surface area contributed by atoms with Gasteiger partial charge in [0.2, 0.25) is 0 Å². The molecule has 0 saturated carbocycles. The number of halogens is 3. The molecule has 0 aliphatic carbocycles. The number of rotatable bonds is 5. The predicted molar refractivity (Wildman–Crippen MR) is 95.5 cm³/mol. The topological polar surface area (TPSA) is 41.6 Å². The van der Waals surface area contributed by atoms with Crippen molar-refractivity contribution in [1.82, 2.24) is 10.2 Å². The maximum Gasteiger partial charge on any atom is 0.573 e. The highest BCUT2D eigenvalue weighted by atomic mass is 32.2. The third-order valence-electron chi connectivity index (χ3n) is 4.97. The maximum atomic E-state index is 12.2. The molecule has 0 bridgehead atoms. The summed E-state index contributed by atoms with van der Waals surface area (Å²) in [6.45, 7) is 2.76. The van der Waals surface area contributed by atoms with Gasteiger partial charge in [-0.1, -0.05) is 0 Å². The minimum atomic E-state index is -4.73. The number of ether oxygens (including phenoxy) is 1. The minimum absolute atomic E-state index is 0.266. The van der Waals surface area contributed by atoms with Gasteiger partial charge in [-0.2, -0.15) is 11.8 Å². The molecule has 2 heterocycles. The molecule has 0 unspecified atom stereocenters. The van der Waals surface area contributed by atoms with Crippen LogP contribution in [0.2, 0.25) is 0 Å². The van der Waals surface area contributed by atoms with Gasteiger partial charge in [-0.3, -0.25) is 9.69 Å². The Hall–Kier alpha value is -1.41. The Morgan fingerprint density at radius 1 is 1.19 bits per heavy atom. The maximum absolute atomic E-state index is 12.2. The molecular formula is C18H23F3N2O2S. The van der Waals surface area contributed by atoms with E-state index in [-0.39, 0.29) is 11.7 Å². The van der Waals surface area contributed by atoms with Crippen molar-refractivity contribution in [3.63, 3.8) is 0 Å². The normalized spacial score (nSPS) is 22.3. The number of piperidine rings is 1. The molecule has 8 heteroatoms.